The molecule has 1 fully saturated rings. The largest absolute Gasteiger partial charge is 0.352 e. The lowest BCUT2D eigenvalue weighted by atomic mass is 10.2. The Bertz CT molecular complexity index is 1210. The molecular formula is C24H23Cl3N6. The van der Waals surface area contributed by atoms with Gasteiger partial charge in [-0.3, -0.25) is 0 Å². The minimum atomic E-state index is 0. The number of halogens is 3. The van der Waals surface area contributed by atoms with Crippen molar-refractivity contribution in [1.29, 1.82) is 0 Å². The molecule has 5 rings (SSSR count). The highest BCUT2D eigenvalue weighted by Gasteiger charge is 2.21. The fraction of sp³-hybridized carbons (Fsp3) is 0.167. The van der Waals surface area contributed by atoms with E-state index in [4.69, 9.17) is 21.6 Å². The Hall–Kier alpha value is -2.93. The Balaban J connectivity index is 0.00000153. The van der Waals surface area contributed by atoms with Gasteiger partial charge in [0.1, 0.15) is 5.82 Å². The molecule has 170 valence electrons. The van der Waals surface area contributed by atoms with E-state index in [1.165, 1.54) is 0 Å². The van der Waals surface area contributed by atoms with Gasteiger partial charge in [0.2, 0.25) is 5.95 Å². The van der Waals surface area contributed by atoms with E-state index in [0.717, 1.165) is 59.4 Å². The van der Waals surface area contributed by atoms with Crippen molar-refractivity contribution in [2.45, 2.75) is 0 Å². The maximum atomic E-state index is 5.98. The molecule has 6 nitrogen and oxygen atoms in total. The predicted octanol–water partition coefficient (Wildman–Crippen LogP) is 5.41. The molecule has 2 aromatic heterocycles. The van der Waals surface area contributed by atoms with Gasteiger partial charge in [0.05, 0.1) is 5.52 Å². The van der Waals surface area contributed by atoms with Crippen molar-refractivity contribution >= 4 is 71.2 Å². The first-order valence-corrected chi connectivity index (χ1v) is 10.6. The highest BCUT2D eigenvalue weighted by molar-refractivity contribution is 6.30. The molecule has 4 aromatic rings. The summed E-state index contributed by atoms with van der Waals surface area (Å²) in [6.45, 7) is 3.38. The summed E-state index contributed by atoms with van der Waals surface area (Å²) >= 11 is 5.98. The summed E-state index contributed by atoms with van der Waals surface area (Å²) in [5, 5.41) is 1.79. The van der Waals surface area contributed by atoms with Crippen molar-refractivity contribution in [3.05, 3.63) is 83.4 Å². The number of nitrogens with zero attached hydrogens (tertiary/aromatic N) is 6. The molecule has 9 heteroatoms. The first-order chi connectivity index (χ1) is 15.3. The van der Waals surface area contributed by atoms with Crippen LogP contribution < -0.4 is 9.80 Å². The lowest BCUT2D eigenvalue weighted by Gasteiger charge is -2.35. The Morgan fingerprint density at radius 3 is 2.12 bits per heavy atom. The third-order valence-corrected chi connectivity index (χ3v) is 5.56. The van der Waals surface area contributed by atoms with Crippen molar-refractivity contribution in [2.24, 2.45) is 0 Å². The highest BCUT2D eigenvalue weighted by Crippen LogP contribution is 2.26. The average Bonchev–Trinajstić information content (AvgIpc) is 2.84. The van der Waals surface area contributed by atoms with Crippen LogP contribution in [0, 0.1) is 0 Å². The number of aromatic nitrogens is 4. The number of benzene rings is 2. The zero-order chi connectivity index (χ0) is 21.0. The van der Waals surface area contributed by atoms with Gasteiger partial charge in [-0.15, -0.1) is 24.8 Å². The van der Waals surface area contributed by atoms with Gasteiger partial charge in [-0.25, -0.2) is 19.9 Å². The Kier molecular flexibility index (Phi) is 8.44. The van der Waals surface area contributed by atoms with E-state index in [1.54, 1.807) is 12.4 Å². The number of para-hydroxylation sites is 1. The monoisotopic (exact) mass is 500 g/mol. The third kappa shape index (κ3) is 5.71. The molecule has 0 aliphatic carbocycles. The molecule has 0 saturated carbocycles. The number of hydrogen-bond acceptors (Lipinski definition) is 6. The van der Waals surface area contributed by atoms with Crippen molar-refractivity contribution in [1.82, 2.24) is 19.9 Å². The van der Waals surface area contributed by atoms with Crippen LogP contribution in [0.25, 0.3) is 23.1 Å². The predicted molar refractivity (Wildman–Crippen MR) is 141 cm³/mol. The van der Waals surface area contributed by atoms with Gasteiger partial charge in [-0.2, -0.15) is 0 Å². The van der Waals surface area contributed by atoms with E-state index < -0.39 is 0 Å². The number of rotatable bonds is 4. The number of hydrogen-bond donors (Lipinski definition) is 0. The van der Waals surface area contributed by atoms with Gasteiger partial charge in [0, 0.05) is 49.0 Å². The van der Waals surface area contributed by atoms with E-state index in [9.17, 15) is 0 Å². The maximum absolute atomic E-state index is 5.98. The molecule has 33 heavy (non-hydrogen) atoms. The first-order valence-electron chi connectivity index (χ1n) is 10.2. The van der Waals surface area contributed by atoms with Gasteiger partial charge in [0.25, 0.3) is 0 Å². The molecule has 0 spiro atoms. The summed E-state index contributed by atoms with van der Waals surface area (Å²) in [4.78, 5) is 22.9. The summed E-state index contributed by atoms with van der Waals surface area (Å²) < 4.78 is 0. The number of fused-ring (bicyclic) bond motifs is 1. The van der Waals surface area contributed by atoms with Crippen LogP contribution in [0.3, 0.4) is 0 Å². The molecule has 0 unspecified atom stereocenters. The van der Waals surface area contributed by atoms with Gasteiger partial charge < -0.3 is 9.80 Å². The standard InChI is InChI=1S/C24H21ClN6.2ClH/c25-19-9-6-18(7-10-19)8-11-22-28-21-5-2-1-4-20(21)23(29-22)30-14-16-31(17-15-30)24-26-12-3-13-27-24;;/h1-13H,14-17H2;2*1H. The second-order valence-electron chi connectivity index (χ2n) is 7.33. The zero-order valence-corrected chi connectivity index (χ0v) is 20.1. The van der Waals surface area contributed by atoms with Gasteiger partial charge >= 0.3 is 0 Å². The molecule has 3 heterocycles. The maximum Gasteiger partial charge on any atom is 0.225 e. The second kappa shape index (κ2) is 11.3. The Morgan fingerprint density at radius 2 is 1.39 bits per heavy atom. The average molecular weight is 502 g/mol. The van der Waals surface area contributed by atoms with Crippen molar-refractivity contribution in [2.75, 3.05) is 36.0 Å². The summed E-state index contributed by atoms with van der Waals surface area (Å²) in [5.41, 5.74) is 2.00. The smallest absolute Gasteiger partial charge is 0.225 e. The third-order valence-electron chi connectivity index (χ3n) is 5.31. The molecule has 1 saturated heterocycles. The lowest BCUT2D eigenvalue weighted by molar-refractivity contribution is 0.635. The quantitative estimate of drug-likeness (QED) is 0.372. The van der Waals surface area contributed by atoms with E-state index in [0.29, 0.717) is 5.82 Å². The minimum Gasteiger partial charge on any atom is -0.352 e. The lowest BCUT2D eigenvalue weighted by Crippen LogP contribution is -2.47. The highest BCUT2D eigenvalue weighted by atomic mass is 35.5. The topological polar surface area (TPSA) is 58.0 Å². The van der Waals surface area contributed by atoms with Crippen LogP contribution in [0.4, 0.5) is 11.8 Å². The summed E-state index contributed by atoms with van der Waals surface area (Å²) in [6, 6.07) is 17.7. The van der Waals surface area contributed by atoms with Crippen molar-refractivity contribution < 1.29 is 0 Å². The molecule has 0 amide bonds. The van der Waals surface area contributed by atoms with E-state index in [2.05, 4.69) is 25.8 Å². The van der Waals surface area contributed by atoms with Crippen LogP contribution in [0.15, 0.2) is 67.0 Å². The van der Waals surface area contributed by atoms with Crippen LogP contribution in [-0.4, -0.2) is 46.1 Å². The van der Waals surface area contributed by atoms with Gasteiger partial charge in [0.15, 0.2) is 5.82 Å². The fourth-order valence-electron chi connectivity index (χ4n) is 3.71. The molecule has 0 bridgehead atoms. The molecule has 2 aromatic carbocycles. The molecule has 0 radical (unpaired) electrons. The second-order valence-corrected chi connectivity index (χ2v) is 7.77. The van der Waals surface area contributed by atoms with Crippen LogP contribution in [-0.2, 0) is 0 Å². The van der Waals surface area contributed by atoms with Crippen LogP contribution in [0.1, 0.15) is 11.4 Å². The Labute approximate surface area is 210 Å². The van der Waals surface area contributed by atoms with Crippen molar-refractivity contribution in [3.63, 3.8) is 0 Å². The molecule has 1 aliphatic rings. The SMILES string of the molecule is Cl.Cl.Clc1ccc(C=Cc2nc(N3CCN(c4ncccn4)CC3)c3ccccc3n2)cc1. The normalized spacial score (nSPS) is 13.6. The van der Waals surface area contributed by atoms with E-state index >= 15 is 0 Å². The Morgan fingerprint density at radius 1 is 0.727 bits per heavy atom. The number of anilines is 2. The minimum absolute atomic E-state index is 0. The molecule has 0 N–H and O–H groups in total. The van der Waals surface area contributed by atoms with Crippen LogP contribution in [0.5, 0.6) is 0 Å². The molecule has 1 aliphatic heterocycles. The van der Waals surface area contributed by atoms with Crippen LogP contribution in [0.2, 0.25) is 5.02 Å². The fourth-order valence-corrected chi connectivity index (χ4v) is 3.84. The zero-order valence-electron chi connectivity index (χ0n) is 17.7. The summed E-state index contributed by atoms with van der Waals surface area (Å²) in [5.74, 6) is 2.44. The van der Waals surface area contributed by atoms with Crippen LogP contribution >= 0.6 is 36.4 Å². The van der Waals surface area contributed by atoms with Gasteiger partial charge in [-0.1, -0.05) is 41.9 Å². The van der Waals surface area contributed by atoms with E-state index in [1.807, 2.05) is 60.7 Å². The summed E-state index contributed by atoms with van der Waals surface area (Å²) in [7, 11) is 0. The summed E-state index contributed by atoms with van der Waals surface area (Å²) in [6.07, 6.45) is 7.53. The van der Waals surface area contributed by atoms with Gasteiger partial charge in [-0.05, 0) is 42.0 Å². The molecular weight excluding hydrogens is 479 g/mol. The first kappa shape index (κ1) is 24.7. The van der Waals surface area contributed by atoms with E-state index in [-0.39, 0.29) is 24.8 Å². The molecule has 0 atom stereocenters. The van der Waals surface area contributed by atoms with Crippen molar-refractivity contribution in [3.8, 4) is 0 Å². The number of piperazine rings is 1.